The van der Waals surface area contributed by atoms with Crippen molar-refractivity contribution in [3.8, 4) is 5.69 Å². The third-order valence-corrected chi connectivity index (χ3v) is 5.18. The van der Waals surface area contributed by atoms with Crippen LogP contribution in [0.1, 0.15) is 16.7 Å². The van der Waals surface area contributed by atoms with Crippen molar-refractivity contribution in [2.45, 2.75) is 26.8 Å². The fourth-order valence-electron chi connectivity index (χ4n) is 3.31. The number of rotatable bonds is 6. The van der Waals surface area contributed by atoms with Gasteiger partial charge in [0, 0.05) is 6.54 Å². The Hall–Kier alpha value is -3.74. The minimum absolute atomic E-state index is 0.0780. The molecule has 4 aromatic rings. The van der Waals surface area contributed by atoms with Crippen LogP contribution in [-0.2, 0) is 17.8 Å². The number of hydrogen-bond donors (Lipinski definition) is 1. The zero-order valence-corrected chi connectivity index (χ0v) is 17.0. The normalized spacial score (nSPS) is 11.0. The molecule has 2 heterocycles. The molecule has 0 unspecified atom stereocenters. The largest absolute Gasteiger partial charge is 0.354 e. The monoisotopic (exact) mass is 401 g/mol. The van der Waals surface area contributed by atoms with Crippen LogP contribution >= 0.6 is 0 Å². The van der Waals surface area contributed by atoms with Crippen molar-refractivity contribution in [2.24, 2.45) is 0 Å². The number of fused-ring (bicyclic) bond motifs is 1. The Bertz CT molecular complexity index is 1260. The van der Waals surface area contributed by atoms with Crippen LogP contribution in [0.2, 0.25) is 0 Å². The Labute approximate surface area is 174 Å². The Balaban J connectivity index is 1.49. The molecule has 0 saturated heterocycles. The number of carbonyl (C=O) groups excluding carboxylic acids is 1. The first-order valence-corrected chi connectivity index (χ1v) is 9.84. The average Bonchev–Trinajstić information content (AvgIpc) is 3.18. The molecule has 1 N–H and O–H groups in total. The highest BCUT2D eigenvalue weighted by Gasteiger charge is 2.13. The molecule has 0 spiro atoms. The fourth-order valence-corrected chi connectivity index (χ4v) is 3.31. The van der Waals surface area contributed by atoms with Gasteiger partial charge in [-0.3, -0.25) is 14.2 Å². The van der Waals surface area contributed by atoms with Crippen molar-refractivity contribution in [1.82, 2.24) is 24.6 Å². The van der Waals surface area contributed by atoms with Gasteiger partial charge in [-0.2, -0.15) is 5.10 Å². The smallest absolute Gasteiger partial charge is 0.264 e. The van der Waals surface area contributed by atoms with Gasteiger partial charge in [0.25, 0.3) is 5.56 Å². The van der Waals surface area contributed by atoms with Gasteiger partial charge in [-0.05, 0) is 49.1 Å². The van der Waals surface area contributed by atoms with E-state index in [0.717, 1.165) is 23.2 Å². The quantitative estimate of drug-likeness (QED) is 0.538. The number of amides is 1. The molecule has 1 amide bonds. The Kier molecular flexibility index (Phi) is 5.43. The molecule has 0 saturated carbocycles. The number of hydrogen-bond acceptors (Lipinski definition) is 4. The van der Waals surface area contributed by atoms with Crippen molar-refractivity contribution < 1.29 is 4.79 Å². The Morgan fingerprint density at radius 1 is 1.07 bits per heavy atom. The van der Waals surface area contributed by atoms with Gasteiger partial charge in [0.1, 0.15) is 18.3 Å². The molecule has 152 valence electrons. The van der Waals surface area contributed by atoms with Crippen LogP contribution in [0.5, 0.6) is 0 Å². The average molecular weight is 401 g/mol. The Morgan fingerprint density at radius 3 is 2.63 bits per heavy atom. The van der Waals surface area contributed by atoms with E-state index in [4.69, 9.17) is 0 Å². The molecule has 0 fully saturated rings. The highest BCUT2D eigenvalue weighted by Crippen LogP contribution is 2.17. The molecule has 7 heteroatoms. The molecule has 0 aliphatic carbocycles. The molecule has 0 bridgehead atoms. The lowest BCUT2D eigenvalue weighted by atomic mass is 10.1. The lowest BCUT2D eigenvalue weighted by molar-refractivity contribution is -0.121. The van der Waals surface area contributed by atoms with Crippen molar-refractivity contribution in [1.29, 1.82) is 0 Å². The second kappa shape index (κ2) is 8.32. The van der Waals surface area contributed by atoms with Gasteiger partial charge < -0.3 is 5.32 Å². The maximum Gasteiger partial charge on any atom is 0.264 e. The van der Waals surface area contributed by atoms with Crippen LogP contribution in [0.25, 0.3) is 16.7 Å². The predicted octanol–water partition coefficient (Wildman–Crippen LogP) is 2.56. The highest BCUT2D eigenvalue weighted by molar-refractivity contribution is 5.77. The second-order valence-electron chi connectivity index (χ2n) is 7.33. The summed E-state index contributed by atoms with van der Waals surface area (Å²) < 4.78 is 2.96. The third-order valence-electron chi connectivity index (χ3n) is 5.18. The number of nitrogens with zero attached hydrogens (tertiary/aromatic N) is 4. The minimum Gasteiger partial charge on any atom is -0.354 e. The number of aryl methyl sites for hydroxylation is 2. The van der Waals surface area contributed by atoms with Crippen molar-refractivity contribution in [2.75, 3.05) is 6.54 Å². The van der Waals surface area contributed by atoms with E-state index in [1.165, 1.54) is 22.7 Å². The topological polar surface area (TPSA) is 81.8 Å². The molecule has 30 heavy (non-hydrogen) atoms. The van der Waals surface area contributed by atoms with Gasteiger partial charge in [0.15, 0.2) is 5.65 Å². The van der Waals surface area contributed by atoms with Crippen LogP contribution in [0.4, 0.5) is 0 Å². The zero-order valence-electron chi connectivity index (χ0n) is 17.0. The lowest BCUT2D eigenvalue weighted by Crippen LogP contribution is -2.33. The maximum atomic E-state index is 12.8. The van der Waals surface area contributed by atoms with Gasteiger partial charge in [-0.1, -0.05) is 36.4 Å². The molecule has 7 nitrogen and oxygen atoms in total. The summed E-state index contributed by atoms with van der Waals surface area (Å²) in [5.74, 6) is -0.226. The van der Waals surface area contributed by atoms with E-state index in [0.29, 0.717) is 17.6 Å². The van der Waals surface area contributed by atoms with Crippen LogP contribution in [0, 0.1) is 13.8 Å². The number of nitrogens with one attached hydrogen (secondary N) is 1. The maximum absolute atomic E-state index is 12.8. The number of benzene rings is 2. The summed E-state index contributed by atoms with van der Waals surface area (Å²) in [5.41, 5.74) is 4.51. The zero-order chi connectivity index (χ0) is 21.1. The van der Waals surface area contributed by atoms with Crippen LogP contribution in [-0.4, -0.2) is 31.8 Å². The molecule has 2 aromatic carbocycles. The standard InChI is InChI=1S/C23H23N5O2/c1-16-8-9-19(12-17(16)2)28-22-20(13-26-28)23(30)27(15-25-22)14-21(29)24-11-10-18-6-4-3-5-7-18/h3-9,12-13,15H,10-11,14H2,1-2H3,(H,24,29). The molecule has 2 aromatic heterocycles. The summed E-state index contributed by atoms with van der Waals surface area (Å²) in [6.07, 6.45) is 3.64. The minimum atomic E-state index is -0.284. The summed E-state index contributed by atoms with van der Waals surface area (Å²) in [5, 5.41) is 7.57. The number of carbonyl (C=O) groups is 1. The van der Waals surface area contributed by atoms with Crippen LogP contribution in [0.3, 0.4) is 0 Å². The molecular formula is C23H23N5O2. The molecule has 0 aliphatic heterocycles. The van der Waals surface area contributed by atoms with E-state index in [9.17, 15) is 9.59 Å². The highest BCUT2D eigenvalue weighted by atomic mass is 16.2. The van der Waals surface area contributed by atoms with E-state index >= 15 is 0 Å². The second-order valence-corrected chi connectivity index (χ2v) is 7.33. The summed E-state index contributed by atoms with van der Waals surface area (Å²) in [4.78, 5) is 29.5. The SMILES string of the molecule is Cc1ccc(-n2ncc3c(=O)n(CC(=O)NCCc4ccccc4)cnc32)cc1C. The van der Waals surface area contributed by atoms with Crippen molar-refractivity contribution in [3.05, 3.63) is 88.1 Å². The summed E-state index contributed by atoms with van der Waals surface area (Å²) in [7, 11) is 0. The molecule has 0 atom stereocenters. The van der Waals surface area contributed by atoms with E-state index in [1.807, 2.05) is 62.4 Å². The Morgan fingerprint density at radius 2 is 1.87 bits per heavy atom. The van der Waals surface area contributed by atoms with Crippen LogP contribution < -0.4 is 10.9 Å². The third kappa shape index (κ3) is 4.00. The number of aromatic nitrogens is 4. The predicted molar refractivity (Wildman–Crippen MR) is 116 cm³/mol. The van der Waals surface area contributed by atoms with E-state index in [2.05, 4.69) is 15.4 Å². The van der Waals surface area contributed by atoms with Gasteiger partial charge in [-0.15, -0.1) is 0 Å². The molecule has 0 aliphatic rings. The first-order chi connectivity index (χ1) is 14.5. The molecule has 4 rings (SSSR count). The first-order valence-electron chi connectivity index (χ1n) is 9.84. The molecule has 0 radical (unpaired) electrons. The fraction of sp³-hybridized carbons (Fsp3) is 0.217. The van der Waals surface area contributed by atoms with Gasteiger partial charge >= 0.3 is 0 Å². The van der Waals surface area contributed by atoms with Crippen molar-refractivity contribution in [3.63, 3.8) is 0 Å². The van der Waals surface area contributed by atoms with Crippen LogP contribution in [0.15, 0.2) is 65.8 Å². The van der Waals surface area contributed by atoms with E-state index < -0.39 is 0 Å². The first kappa shape index (κ1) is 19.6. The molecular weight excluding hydrogens is 378 g/mol. The summed E-state index contributed by atoms with van der Waals surface area (Å²) in [6.45, 7) is 4.51. The lowest BCUT2D eigenvalue weighted by Gasteiger charge is -2.08. The summed E-state index contributed by atoms with van der Waals surface area (Å²) >= 11 is 0. The van der Waals surface area contributed by atoms with Gasteiger partial charge in [-0.25, -0.2) is 9.67 Å². The van der Waals surface area contributed by atoms with E-state index in [1.54, 1.807) is 4.68 Å². The van der Waals surface area contributed by atoms with Gasteiger partial charge in [0.2, 0.25) is 5.91 Å². The van der Waals surface area contributed by atoms with E-state index in [-0.39, 0.29) is 18.0 Å². The van der Waals surface area contributed by atoms with Gasteiger partial charge in [0.05, 0.1) is 11.9 Å². The van der Waals surface area contributed by atoms with Crippen molar-refractivity contribution >= 4 is 16.9 Å². The summed E-state index contributed by atoms with van der Waals surface area (Å²) in [6, 6.07) is 15.9.